The standard InChI is InChI=1S/C15H22O3S/c1-15(2,3)12-6-4-11(5-7-12)14(16)10-19(17,18)13-8-9-13/h4-7,13-14,16H,8-10H2,1-3H3. The molecule has 0 saturated heterocycles. The normalized spacial score (nSPS) is 18.3. The van der Waals surface area contributed by atoms with Gasteiger partial charge in [0, 0.05) is 0 Å². The average molecular weight is 282 g/mol. The molecule has 0 aromatic heterocycles. The number of hydrogen-bond acceptors (Lipinski definition) is 3. The summed E-state index contributed by atoms with van der Waals surface area (Å²) < 4.78 is 23.7. The van der Waals surface area contributed by atoms with Gasteiger partial charge in [0.25, 0.3) is 0 Å². The van der Waals surface area contributed by atoms with Gasteiger partial charge in [0.2, 0.25) is 0 Å². The molecule has 19 heavy (non-hydrogen) atoms. The number of benzene rings is 1. The second-order valence-corrected chi connectivity index (χ2v) is 8.74. The molecule has 0 aliphatic heterocycles. The summed E-state index contributed by atoms with van der Waals surface area (Å²) in [6.07, 6.45) is 0.579. The molecule has 0 bridgehead atoms. The summed E-state index contributed by atoms with van der Waals surface area (Å²) in [4.78, 5) is 0. The fourth-order valence-corrected chi connectivity index (χ4v) is 3.84. The van der Waals surface area contributed by atoms with Crippen LogP contribution >= 0.6 is 0 Å². The molecule has 0 radical (unpaired) electrons. The average Bonchev–Trinajstić information content (AvgIpc) is 3.11. The third-order valence-corrected chi connectivity index (χ3v) is 5.85. The molecular weight excluding hydrogens is 260 g/mol. The third kappa shape index (κ3) is 3.57. The Hall–Kier alpha value is -0.870. The van der Waals surface area contributed by atoms with Gasteiger partial charge in [0.05, 0.1) is 17.1 Å². The zero-order valence-corrected chi connectivity index (χ0v) is 12.6. The van der Waals surface area contributed by atoms with E-state index < -0.39 is 15.9 Å². The highest BCUT2D eigenvalue weighted by molar-refractivity contribution is 7.92. The first-order valence-electron chi connectivity index (χ1n) is 6.70. The van der Waals surface area contributed by atoms with Crippen molar-refractivity contribution < 1.29 is 13.5 Å². The highest BCUT2D eigenvalue weighted by Gasteiger charge is 2.37. The number of sulfone groups is 1. The van der Waals surface area contributed by atoms with Crippen LogP contribution in [0.25, 0.3) is 0 Å². The van der Waals surface area contributed by atoms with Crippen LogP contribution in [0.4, 0.5) is 0 Å². The van der Waals surface area contributed by atoms with Crippen molar-refractivity contribution in [1.82, 2.24) is 0 Å². The van der Waals surface area contributed by atoms with E-state index in [-0.39, 0.29) is 16.4 Å². The van der Waals surface area contributed by atoms with Gasteiger partial charge in [-0.3, -0.25) is 0 Å². The van der Waals surface area contributed by atoms with Crippen LogP contribution in [0, 0.1) is 0 Å². The van der Waals surface area contributed by atoms with Gasteiger partial charge in [-0.05, 0) is 29.4 Å². The second kappa shape index (κ2) is 4.91. The van der Waals surface area contributed by atoms with Crippen LogP contribution in [0.2, 0.25) is 0 Å². The van der Waals surface area contributed by atoms with E-state index in [0.29, 0.717) is 5.56 Å². The van der Waals surface area contributed by atoms with Crippen molar-refractivity contribution >= 4 is 9.84 Å². The summed E-state index contributed by atoms with van der Waals surface area (Å²) in [5.74, 6) is -0.160. The van der Waals surface area contributed by atoms with Crippen molar-refractivity contribution in [3.8, 4) is 0 Å². The Morgan fingerprint density at radius 2 is 1.74 bits per heavy atom. The summed E-state index contributed by atoms with van der Waals surface area (Å²) >= 11 is 0. The Kier molecular flexibility index (Phi) is 3.76. The first-order chi connectivity index (χ1) is 8.70. The van der Waals surface area contributed by atoms with Crippen LogP contribution < -0.4 is 0 Å². The molecule has 1 aromatic rings. The quantitative estimate of drug-likeness (QED) is 0.923. The Labute approximate surface area is 115 Å². The molecule has 1 atom stereocenters. The van der Waals surface area contributed by atoms with Crippen molar-refractivity contribution in [2.24, 2.45) is 0 Å². The molecule has 1 N–H and O–H groups in total. The van der Waals surface area contributed by atoms with E-state index in [9.17, 15) is 13.5 Å². The molecule has 1 aliphatic rings. The fourth-order valence-electron chi connectivity index (χ4n) is 2.08. The lowest BCUT2D eigenvalue weighted by atomic mass is 9.86. The first-order valence-corrected chi connectivity index (χ1v) is 8.42. The minimum atomic E-state index is -3.12. The Morgan fingerprint density at radius 1 is 1.21 bits per heavy atom. The molecule has 1 unspecified atom stereocenters. The van der Waals surface area contributed by atoms with Crippen LogP contribution in [0.5, 0.6) is 0 Å². The van der Waals surface area contributed by atoms with Crippen molar-refractivity contribution in [3.05, 3.63) is 35.4 Å². The largest absolute Gasteiger partial charge is 0.387 e. The van der Waals surface area contributed by atoms with Crippen molar-refractivity contribution in [2.75, 3.05) is 5.75 Å². The second-order valence-electron chi connectivity index (χ2n) is 6.42. The van der Waals surface area contributed by atoms with Gasteiger partial charge < -0.3 is 5.11 Å². The van der Waals surface area contributed by atoms with Gasteiger partial charge in [0.15, 0.2) is 9.84 Å². The summed E-state index contributed by atoms with van der Waals surface area (Å²) in [6.45, 7) is 6.36. The molecule has 0 spiro atoms. The molecule has 1 aliphatic carbocycles. The molecule has 106 valence electrons. The fraction of sp³-hybridized carbons (Fsp3) is 0.600. The molecule has 4 heteroatoms. The number of rotatable bonds is 4. The Balaban J connectivity index is 2.09. The lowest BCUT2D eigenvalue weighted by Gasteiger charge is -2.20. The molecule has 1 fully saturated rings. The van der Waals surface area contributed by atoms with Crippen molar-refractivity contribution in [2.45, 2.75) is 50.4 Å². The van der Waals surface area contributed by atoms with E-state index in [1.807, 2.05) is 24.3 Å². The molecule has 3 nitrogen and oxygen atoms in total. The van der Waals surface area contributed by atoms with Gasteiger partial charge >= 0.3 is 0 Å². The van der Waals surface area contributed by atoms with Crippen LogP contribution in [-0.2, 0) is 15.3 Å². The minimum Gasteiger partial charge on any atom is -0.387 e. The Morgan fingerprint density at radius 3 is 2.16 bits per heavy atom. The Bertz CT molecular complexity index is 534. The minimum absolute atomic E-state index is 0.0591. The van der Waals surface area contributed by atoms with Gasteiger partial charge in [0.1, 0.15) is 0 Å². The summed E-state index contributed by atoms with van der Waals surface area (Å²) in [7, 11) is -3.12. The van der Waals surface area contributed by atoms with E-state index in [4.69, 9.17) is 0 Å². The molecule has 1 aromatic carbocycles. The monoisotopic (exact) mass is 282 g/mol. The third-order valence-electron chi connectivity index (χ3n) is 3.58. The van der Waals surface area contributed by atoms with Gasteiger partial charge in [-0.1, -0.05) is 45.0 Å². The molecule has 0 amide bonds. The van der Waals surface area contributed by atoms with Crippen LogP contribution in [0.1, 0.15) is 50.8 Å². The SMILES string of the molecule is CC(C)(C)c1ccc(C(O)CS(=O)(=O)C2CC2)cc1. The summed E-state index contributed by atoms with van der Waals surface area (Å²) in [5, 5.41) is 9.84. The maximum absolute atomic E-state index is 11.8. The summed E-state index contributed by atoms with van der Waals surface area (Å²) in [5.41, 5.74) is 1.91. The molecule has 0 heterocycles. The maximum Gasteiger partial charge on any atom is 0.156 e. The smallest absolute Gasteiger partial charge is 0.156 e. The van der Waals surface area contributed by atoms with E-state index in [1.54, 1.807) is 0 Å². The van der Waals surface area contributed by atoms with Crippen molar-refractivity contribution in [3.63, 3.8) is 0 Å². The number of aliphatic hydroxyl groups is 1. The van der Waals surface area contributed by atoms with Crippen LogP contribution in [0.3, 0.4) is 0 Å². The predicted molar refractivity (Wildman–Crippen MR) is 76.9 cm³/mol. The highest BCUT2D eigenvalue weighted by Crippen LogP contribution is 2.31. The number of aliphatic hydroxyl groups excluding tert-OH is 1. The van der Waals surface area contributed by atoms with Gasteiger partial charge in [-0.15, -0.1) is 0 Å². The van der Waals surface area contributed by atoms with E-state index in [0.717, 1.165) is 12.8 Å². The van der Waals surface area contributed by atoms with E-state index in [2.05, 4.69) is 20.8 Å². The topological polar surface area (TPSA) is 54.4 Å². The lowest BCUT2D eigenvalue weighted by molar-refractivity contribution is 0.201. The first kappa shape index (κ1) is 14.5. The van der Waals surface area contributed by atoms with E-state index >= 15 is 0 Å². The van der Waals surface area contributed by atoms with Gasteiger partial charge in [-0.25, -0.2) is 8.42 Å². The molecular formula is C15H22O3S. The predicted octanol–water partition coefficient (Wildman–Crippen LogP) is 2.59. The molecule has 2 rings (SSSR count). The number of hydrogen-bond donors (Lipinski definition) is 1. The zero-order valence-electron chi connectivity index (χ0n) is 11.8. The zero-order chi connectivity index (χ0) is 14.3. The van der Waals surface area contributed by atoms with Crippen molar-refractivity contribution in [1.29, 1.82) is 0 Å². The highest BCUT2D eigenvalue weighted by atomic mass is 32.2. The van der Waals surface area contributed by atoms with E-state index in [1.165, 1.54) is 5.56 Å². The lowest BCUT2D eigenvalue weighted by Crippen LogP contribution is -2.18. The molecule has 1 saturated carbocycles. The van der Waals surface area contributed by atoms with Crippen LogP contribution in [0.15, 0.2) is 24.3 Å². The van der Waals surface area contributed by atoms with Crippen LogP contribution in [-0.4, -0.2) is 24.5 Å². The maximum atomic E-state index is 11.8. The van der Waals surface area contributed by atoms with Gasteiger partial charge in [-0.2, -0.15) is 0 Å². The summed E-state index contributed by atoms with van der Waals surface area (Å²) in [6, 6.07) is 7.58.